The first-order valence-electron chi connectivity index (χ1n) is 6.20. The van der Waals surface area contributed by atoms with Gasteiger partial charge in [-0.05, 0) is 51.2 Å². The zero-order valence-corrected chi connectivity index (χ0v) is 12.4. The zero-order valence-electron chi connectivity index (χ0n) is 11.6. The number of nitrogens with one attached hydrogen (secondary N) is 1. The molecule has 2 aromatic rings. The van der Waals surface area contributed by atoms with Crippen molar-refractivity contribution in [2.24, 2.45) is 0 Å². The predicted molar refractivity (Wildman–Crippen MR) is 78.4 cm³/mol. The van der Waals surface area contributed by atoms with E-state index in [0.717, 1.165) is 17.3 Å². The minimum Gasteiger partial charge on any atom is -0.459 e. The minimum atomic E-state index is -0.532. The number of nitrogens with zero attached hydrogens (tertiary/aromatic N) is 1. The molecule has 0 aliphatic rings. The number of ether oxygens (including phenoxy) is 1. The van der Waals surface area contributed by atoms with Crippen LogP contribution in [-0.2, 0) is 16.1 Å². The first-order valence-corrected chi connectivity index (χ1v) is 6.60. The summed E-state index contributed by atoms with van der Waals surface area (Å²) in [4.78, 5) is 25.6. The minimum absolute atomic E-state index is 0.0382. The topological polar surface area (TPSA) is 64.1 Å². The first-order chi connectivity index (χ1) is 9.30. The van der Waals surface area contributed by atoms with Crippen LogP contribution in [-0.4, -0.2) is 27.4 Å². The van der Waals surface area contributed by atoms with Crippen molar-refractivity contribution in [3.05, 3.63) is 28.5 Å². The molecule has 0 saturated heterocycles. The second kappa shape index (κ2) is 5.20. The molecule has 0 radical (unpaired) electrons. The highest BCUT2D eigenvalue weighted by Crippen LogP contribution is 2.16. The number of hydrogen-bond acceptors (Lipinski definition) is 4. The van der Waals surface area contributed by atoms with Crippen LogP contribution in [0, 0.1) is 4.77 Å². The monoisotopic (exact) mass is 292 g/mol. The Morgan fingerprint density at radius 3 is 2.75 bits per heavy atom. The van der Waals surface area contributed by atoms with Gasteiger partial charge < -0.3 is 14.3 Å². The zero-order chi connectivity index (χ0) is 14.9. The lowest BCUT2D eigenvalue weighted by Crippen LogP contribution is -2.26. The largest absolute Gasteiger partial charge is 0.459 e. The lowest BCUT2D eigenvalue weighted by Gasteiger charge is -2.19. The maximum Gasteiger partial charge on any atom is 0.326 e. The van der Waals surface area contributed by atoms with E-state index >= 15 is 0 Å². The number of hydrogen-bond donors (Lipinski definition) is 1. The number of fused-ring (bicyclic) bond motifs is 1. The third-order valence-electron chi connectivity index (χ3n) is 2.64. The summed E-state index contributed by atoms with van der Waals surface area (Å²) in [5.41, 5.74) is 1.52. The fourth-order valence-corrected chi connectivity index (χ4v) is 2.19. The number of H-pyrrole nitrogens is 1. The predicted octanol–water partition coefficient (Wildman–Crippen LogP) is 2.85. The molecule has 1 aromatic heterocycles. The number of benzene rings is 1. The fourth-order valence-electron chi connectivity index (χ4n) is 1.91. The molecule has 1 heterocycles. The van der Waals surface area contributed by atoms with Gasteiger partial charge in [0.15, 0.2) is 4.77 Å². The van der Waals surface area contributed by atoms with E-state index < -0.39 is 5.60 Å². The maximum atomic E-state index is 11.9. The quantitative estimate of drug-likeness (QED) is 0.537. The van der Waals surface area contributed by atoms with Gasteiger partial charge in [-0.1, -0.05) is 0 Å². The molecule has 0 fully saturated rings. The standard InChI is InChI=1S/C14H16N2O3S/c1-14(2,3)19-12(18)7-16-11-5-4-9(8-17)6-10(11)15-13(16)20/h4-6,8H,7H2,1-3H3,(H,15,20). The number of carbonyl (C=O) groups is 2. The molecule has 1 aromatic carbocycles. The Morgan fingerprint density at radius 1 is 1.45 bits per heavy atom. The molecule has 106 valence electrons. The summed E-state index contributed by atoms with van der Waals surface area (Å²) < 4.78 is 7.37. The Hall–Kier alpha value is -1.95. The smallest absolute Gasteiger partial charge is 0.326 e. The van der Waals surface area contributed by atoms with Crippen LogP contribution in [0.25, 0.3) is 11.0 Å². The van der Waals surface area contributed by atoms with Crippen LogP contribution in [0.5, 0.6) is 0 Å². The van der Waals surface area contributed by atoms with Gasteiger partial charge in [-0.15, -0.1) is 0 Å². The van der Waals surface area contributed by atoms with Crippen LogP contribution in [0.1, 0.15) is 31.1 Å². The van der Waals surface area contributed by atoms with Crippen molar-refractivity contribution in [2.75, 3.05) is 0 Å². The van der Waals surface area contributed by atoms with Crippen LogP contribution in [0.3, 0.4) is 0 Å². The number of aldehydes is 1. The van der Waals surface area contributed by atoms with Gasteiger partial charge in [0.05, 0.1) is 11.0 Å². The summed E-state index contributed by atoms with van der Waals surface area (Å²) in [5.74, 6) is -0.353. The summed E-state index contributed by atoms with van der Waals surface area (Å²) in [6, 6.07) is 5.14. The normalized spacial score (nSPS) is 11.6. The van der Waals surface area contributed by atoms with Crippen LogP contribution < -0.4 is 0 Å². The van der Waals surface area contributed by atoms with Crippen molar-refractivity contribution < 1.29 is 14.3 Å². The Morgan fingerprint density at radius 2 is 2.15 bits per heavy atom. The number of rotatable bonds is 3. The summed E-state index contributed by atoms with van der Waals surface area (Å²) in [5, 5.41) is 0. The molecule has 0 aliphatic carbocycles. The van der Waals surface area contributed by atoms with E-state index in [4.69, 9.17) is 17.0 Å². The van der Waals surface area contributed by atoms with E-state index in [1.54, 1.807) is 22.8 Å². The van der Waals surface area contributed by atoms with Crippen molar-refractivity contribution in [1.29, 1.82) is 0 Å². The fraction of sp³-hybridized carbons (Fsp3) is 0.357. The molecule has 0 unspecified atom stereocenters. The van der Waals surface area contributed by atoms with Gasteiger partial charge in [0.1, 0.15) is 18.4 Å². The number of imidazole rings is 1. The van der Waals surface area contributed by atoms with Gasteiger partial charge in [0.25, 0.3) is 0 Å². The Kier molecular flexibility index (Phi) is 3.76. The summed E-state index contributed by atoms with van der Waals surface area (Å²) >= 11 is 5.20. The third-order valence-corrected chi connectivity index (χ3v) is 2.96. The summed E-state index contributed by atoms with van der Waals surface area (Å²) in [6.07, 6.45) is 0.765. The molecule has 20 heavy (non-hydrogen) atoms. The Labute approximate surface area is 121 Å². The van der Waals surface area contributed by atoms with Crippen molar-refractivity contribution in [3.63, 3.8) is 0 Å². The molecule has 0 atom stereocenters. The van der Waals surface area contributed by atoms with E-state index in [2.05, 4.69) is 4.98 Å². The molecule has 1 N–H and O–H groups in total. The lowest BCUT2D eigenvalue weighted by molar-refractivity contribution is -0.155. The molecular formula is C14H16N2O3S. The van der Waals surface area contributed by atoms with Crippen molar-refractivity contribution in [1.82, 2.24) is 9.55 Å². The Balaban J connectivity index is 2.35. The van der Waals surface area contributed by atoms with E-state index in [0.29, 0.717) is 10.3 Å². The van der Waals surface area contributed by atoms with Crippen LogP contribution >= 0.6 is 12.2 Å². The van der Waals surface area contributed by atoms with Gasteiger partial charge in [0.2, 0.25) is 0 Å². The molecule has 0 amide bonds. The molecule has 6 heteroatoms. The van der Waals surface area contributed by atoms with Gasteiger partial charge in [-0.25, -0.2) is 0 Å². The van der Waals surface area contributed by atoms with Crippen LogP contribution in [0.2, 0.25) is 0 Å². The van der Waals surface area contributed by atoms with E-state index in [1.165, 1.54) is 0 Å². The summed E-state index contributed by atoms with van der Waals surface area (Å²) in [6.45, 7) is 5.48. The molecule has 0 saturated carbocycles. The highest BCUT2D eigenvalue weighted by molar-refractivity contribution is 7.71. The van der Waals surface area contributed by atoms with E-state index in [-0.39, 0.29) is 12.5 Å². The second-order valence-corrected chi connectivity index (χ2v) is 5.88. The highest BCUT2D eigenvalue weighted by atomic mass is 32.1. The van der Waals surface area contributed by atoms with Gasteiger partial charge in [-0.3, -0.25) is 9.59 Å². The number of aromatic amines is 1. The van der Waals surface area contributed by atoms with Crippen molar-refractivity contribution in [3.8, 4) is 0 Å². The maximum absolute atomic E-state index is 11.9. The molecule has 0 bridgehead atoms. The first kappa shape index (κ1) is 14.5. The van der Waals surface area contributed by atoms with E-state index in [1.807, 2.05) is 20.8 Å². The van der Waals surface area contributed by atoms with Crippen molar-refractivity contribution in [2.45, 2.75) is 32.9 Å². The van der Waals surface area contributed by atoms with Crippen LogP contribution in [0.4, 0.5) is 0 Å². The molecular weight excluding hydrogens is 276 g/mol. The Bertz CT molecular complexity index is 722. The number of aromatic nitrogens is 2. The SMILES string of the molecule is CC(C)(C)OC(=O)Cn1c(=S)[nH]c2cc(C=O)ccc21. The van der Waals surface area contributed by atoms with E-state index in [9.17, 15) is 9.59 Å². The number of esters is 1. The molecule has 0 spiro atoms. The molecule has 2 rings (SSSR count). The lowest BCUT2D eigenvalue weighted by atomic mass is 10.2. The van der Waals surface area contributed by atoms with Gasteiger partial charge in [-0.2, -0.15) is 0 Å². The average molecular weight is 292 g/mol. The highest BCUT2D eigenvalue weighted by Gasteiger charge is 2.17. The summed E-state index contributed by atoms with van der Waals surface area (Å²) in [7, 11) is 0. The average Bonchev–Trinajstić information content (AvgIpc) is 2.62. The molecule has 0 aliphatic heterocycles. The third kappa shape index (κ3) is 3.14. The molecule has 5 nitrogen and oxygen atoms in total. The van der Waals surface area contributed by atoms with Crippen molar-refractivity contribution >= 4 is 35.5 Å². The number of carbonyl (C=O) groups excluding carboxylic acids is 2. The van der Waals surface area contributed by atoms with Crippen LogP contribution in [0.15, 0.2) is 18.2 Å². The van der Waals surface area contributed by atoms with Gasteiger partial charge in [0, 0.05) is 5.56 Å². The van der Waals surface area contributed by atoms with Gasteiger partial charge >= 0.3 is 5.97 Å². The second-order valence-electron chi connectivity index (χ2n) is 5.50.